The third-order valence-electron chi connectivity index (χ3n) is 3.62. The van der Waals surface area contributed by atoms with Crippen molar-refractivity contribution in [3.8, 4) is 0 Å². The molecular formula is C14H20Cl2N2O. The molecule has 3 nitrogen and oxygen atoms in total. The highest BCUT2D eigenvalue weighted by atomic mass is 35.5. The number of piperidine rings is 1. The second-order valence-electron chi connectivity index (χ2n) is 4.81. The quantitative estimate of drug-likeness (QED) is 0.911. The maximum Gasteiger partial charge on any atom is 0.254 e. The first-order valence-electron chi connectivity index (χ1n) is 6.34. The number of nitrogens with zero attached hydrogens (tertiary/aromatic N) is 1. The molecule has 1 heterocycles. The van der Waals surface area contributed by atoms with Crippen LogP contribution in [0.1, 0.15) is 28.8 Å². The second-order valence-corrected chi connectivity index (χ2v) is 5.25. The van der Waals surface area contributed by atoms with Gasteiger partial charge in [0.2, 0.25) is 0 Å². The first kappa shape index (κ1) is 16.3. The van der Waals surface area contributed by atoms with Crippen molar-refractivity contribution in [1.29, 1.82) is 0 Å². The van der Waals surface area contributed by atoms with Crippen LogP contribution in [-0.4, -0.2) is 37.0 Å². The van der Waals surface area contributed by atoms with Crippen LogP contribution in [0.25, 0.3) is 0 Å². The van der Waals surface area contributed by atoms with Crippen molar-refractivity contribution in [3.63, 3.8) is 0 Å². The van der Waals surface area contributed by atoms with Gasteiger partial charge in [0, 0.05) is 29.7 Å². The van der Waals surface area contributed by atoms with Crippen molar-refractivity contribution >= 4 is 29.9 Å². The van der Waals surface area contributed by atoms with E-state index in [9.17, 15) is 4.79 Å². The Balaban J connectivity index is 0.00000180. The number of carbonyl (C=O) groups excluding carboxylic acids is 1. The summed E-state index contributed by atoms with van der Waals surface area (Å²) in [5.41, 5.74) is 1.71. The summed E-state index contributed by atoms with van der Waals surface area (Å²) >= 11 is 5.96. The lowest BCUT2D eigenvalue weighted by Crippen LogP contribution is -2.44. The Morgan fingerprint density at radius 3 is 2.58 bits per heavy atom. The molecule has 0 radical (unpaired) electrons. The molecule has 106 valence electrons. The summed E-state index contributed by atoms with van der Waals surface area (Å²) in [6.07, 6.45) is 2.03. The highest BCUT2D eigenvalue weighted by Crippen LogP contribution is 2.19. The Labute approximate surface area is 125 Å². The van der Waals surface area contributed by atoms with Gasteiger partial charge in [-0.05, 0) is 44.5 Å². The maximum atomic E-state index is 12.4. The van der Waals surface area contributed by atoms with E-state index in [1.165, 1.54) is 0 Å². The van der Waals surface area contributed by atoms with Crippen LogP contribution in [0.3, 0.4) is 0 Å². The lowest BCUT2D eigenvalue weighted by atomic mass is 10.0. The lowest BCUT2D eigenvalue weighted by molar-refractivity contribution is 0.0706. The molecule has 0 aromatic heterocycles. The van der Waals surface area contributed by atoms with Crippen LogP contribution in [0.15, 0.2) is 18.2 Å². The van der Waals surface area contributed by atoms with Gasteiger partial charge < -0.3 is 10.2 Å². The smallest absolute Gasteiger partial charge is 0.254 e. The van der Waals surface area contributed by atoms with Gasteiger partial charge in [-0.15, -0.1) is 12.4 Å². The largest absolute Gasteiger partial charge is 0.339 e. The Bertz CT molecular complexity index is 443. The summed E-state index contributed by atoms with van der Waals surface area (Å²) in [6.45, 7) is 3.58. The van der Waals surface area contributed by atoms with E-state index < -0.39 is 0 Å². The van der Waals surface area contributed by atoms with E-state index in [2.05, 4.69) is 5.32 Å². The molecule has 19 heavy (non-hydrogen) atoms. The van der Waals surface area contributed by atoms with Crippen LogP contribution in [-0.2, 0) is 0 Å². The molecular weight excluding hydrogens is 283 g/mol. The molecule has 1 aliphatic heterocycles. The van der Waals surface area contributed by atoms with Gasteiger partial charge in [-0.3, -0.25) is 4.79 Å². The molecule has 1 amide bonds. The van der Waals surface area contributed by atoms with Crippen molar-refractivity contribution < 1.29 is 4.79 Å². The third-order valence-corrected chi connectivity index (χ3v) is 3.86. The highest BCUT2D eigenvalue weighted by Gasteiger charge is 2.23. The molecule has 0 atom stereocenters. The fourth-order valence-electron chi connectivity index (χ4n) is 2.37. The van der Waals surface area contributed by atoms with Crippen molar-refractivity contribution in [2.24, 2.45) is 0 Å². The Morgan fingerprint density at radius 1 is 1.37 bits per heavy atom. The van der Waals surface area contributed by atoms with Crippen LogP contribution in [0.4, 0.5) is 0 Å². The summed E-state index contributed by atoms with van der Waals surface area (Å²) < 4.78 is 0. The van der Waals surface area contributed by atoms with Crippen LogP contribution in [0, 0.1) is 6.92 Å². The summed E-state index contributed by atoms with van der Waals surface area (Å²) in [5, 5.41) is 3.88. The number of carbonyl (C=O) groups is 1. The van der Waals surface area contributed by atoms with E-state index in [0.29, 0.717) is 11.1 Å². The average Bonchev–Trinajstić information content (AvgIpc) is 2.41. The molecule has 0 spiro atoms. The minimum atomic E-state index is 0. The zero-order valence-electron chi connectivity index (χ0n) is 11.3. The molecule has 1 N–H and O–H groups in total. The van der Waals surface area contributed by atoms with Gasteiger partial charge in [-0.1, -0.05) is 17.7 Å². The molecule has 1 aliphatic rings. The zero-order valence-corrected chi connectivity index (χ0v) is 12.9. The lowest BCUT2D eigenvalue weighted by Gasteiger charge is -2.32. The molecule has 1 fully saturated rings. The molecule has 5 heteroatoms. The number of hydrogen-bond donors (Lipinski definition) is 1. The summed E-state index contributed by atoms with van der Waals surface area (Å²) in [7, 11) is 1.98. The molecule has 0 unspecified atom stereocenters. The summed E-state index contributed by atoms with van der Waals surface area (Å²) in [6, 6.07) is 6.02. The van der Waals surface area contributed by atoms with Crippen LogP contribution < -0.4 is 5.32 Å². The standard InChI is InChI=1S/C14H19ClN2O.ClH/c1-10-3-4-11(15)9-13(10)14(18)17-7-5-12(16-2)6-8-17;/h3-4,9,12,16H,5-8H2,1-2H3;1H. The van der Waals surface area contributed by atoms with Gasteiger partial charge in [0.1, 0.15) is 0 Å². The Morgan fingerprint density at radius 2 is 2.00 bits per heavy atom. The number of rotatable bonds is 2. The second kappa shape index (κ2) is 7.13. The SMILES string of the molecule is CNC1CCN(C(=O)c2cc(Cl)ccc2C)CC1.Cl. The number of likely N-dealkylation sites (tertiary alicyclic amines) is 1. The van der Waals surface area contributed by atoms with E-state index in [0.717, 1.165) is 37.1 Å². The molecule has 2 rings (SSSR count). The number of nitrogens with one attached hydrogen (secondary N) is 1. The number of hydrogen-bond acceptors (Lipinski definition) is 2. The molecule has 0 saturated carbocycles. The molecule has 1 saturated heterocycles. The summed E-state index contributed by atoms with van der Waals surface area (Å²) in [4.78, 5) is 14.3. The molecule has 1 aromatic rings. The topological polar surface area (TPSA) is 32.3 Å². The zero-order chi connectivity index (χ0) is 13.1. The predicted octanol–water partition coefficient (Wildman–Crippen LogP) is 2.89. The normalized spacial score (nSPS) is 16.1. The fourth-order valence-corrected chi connectivity index (χ4v) is 2.54. The molecule has 0 bridgehead atoms. The third kappa shape index (κ3) is 3.85. The van der Waals surface area contributed by atoms with Gasteiger partial charge in [0.15, 0.2) is 0 Å². The number of halogens is 2. The van der Waals surface area contributed by atoms with Gasteiger partial charge in [0.05, 0.1) is 0 Å². The average molecular weight is 303 g/mol. The van der Waals surface area contributed by atoms with Crippen molar-refractivity contribution in [1.82, 2.24) is 10.2 Å². The van der Waals surface area contributed by atoms with Gasteiger partial charge in [-0.25, -0.2) is 0 Å². The van der Waals surface area contributed by atoms with Crippen LogP contribution >= 0.6 is 24.0 Å². The number of benzene rings is 1. The summed E-state index contributed by atoms with van der Waals surface area (Å²) in [5.74, 6) is 0.101. The van der Waals surface area contributed by atoms with Crippen molar-refractivity contribution in [2.75, 3.05) is 20.1 Å². The van der Waals surface area contributed by atoms with Gasteiger partial charge >= 0.3 is 0 Å². The minimum Gasteiger partial charge on any atom is -0.339 e. The van der Waals surface area contributed by atoms with E-state index >= 15 is 0 Å². The minimum absolute atomic E-state index is 0. The van der Waals surface area contributed by atoms with Crippen LogP contribution in [0.2, 0.25) is 5.02 Å². The van der Waals surface area contributed by atoms with Gasteiger partial charge in [-0.2, -0.15) is 0 Å². The Hall–Kier alpha value is -0.770. The highest BCUT2D eigenvalue weighted by molar-refractivity contribution is 6.31. The predicted molar refractivity (Wildman–Crippen MR) is 81.4 cm³/mol. The molecule has 0 aliphatic carbocycles. The number of amides is 1. The van der Waals surface area contributed by atoms with E-state index in [1.54, 1.807) is 6.07 Å². The fraction of sp³-hybridized carbons (Fsp3) is 0.500. The first-order valence-corrected chi connectivity index (χ1v) is 6.72. The molecule has 1 aromatic carbocycles. The van der Waals surface area contributed by atoms with Crippen molar-refractivity contribution in [3.05, 3.63) is 34.3 Å². The monoisotopic (exact) mass is 302 g/mol. The van der Waals surface area contributed by atoms with Crippen LogP contribution in [0.5, 0.6) is 0 Å². The number of aryl methyl sites for hydroxylation is 1. The van der Waals surface area contributed by atoms with E-state index in [-0.39, 0.29) is 18.3 Å². The van der Waals surface area contributed by atoms with E-state index in [4.69, 9.17) is 11.6 Å². The maximum absolute atomic E-state index is 12.4. The van der Waals surface area contributed by atoms with Crippen molar-refractivity contribution in [2.45, 2.75) is 25.8 Å². The van der Waals surface area contributed by atoms with Gasteiger partial charge in [0.25, 0.3) is 5.91 Å². The van der Waals surface area contributed by atoms with E-state index in [1.807, 2.05) is 31.0 Å². The Kier molecular flexibility index (Phi) is 6.11. The first-order chi connectivity index (χ1) is 8.61.